The predicted molar refractivity (Wildman–Crippen MR) is 50.3 cm³/mol. The van der Waals surface area contributed by atoms with Crippen molar-refractivity contribution < 1.29 is 9.32 Å². The molecule has 0 saturated heterocycles. The summed E-state index contributed by atoms with van der Waals surface area (Å²) in [6.45, 7) is 5.97. The summed E-state index contributed by atoms with van der Waals surface area (Å²) >= 11 is 5.38. The molecule has 0 atom stereocenters. The van der Waals surface area contributed by atoms with Crippen molar-refractivity contribution in [2.75, 3.05) is 5.88 Å². The van der Waals surface area contributed by atoms with Crippen LogP contribution in [0.15, 0.2) is 10.6 Å². The summed E-state index contributed by atoms with van der Waals surface area (Å²) in [5.41, 5.74) is 0.178. The van der Waals surface area contributed by atoms with Gasteiger partial charge in [0.15, 0.2) is 11.5 Å². The van der Waals surface area contributed by atoms with Crippen LogP contribution >= 0.6 is 11.6 Å². The number of Topliss-reactive ketones (excluding diaryl/α,β-unsaturated/α-hetero) is 1. The Morgan fingerprint density at radius 1 is 1.62 bits per heavy atom. The third-order valence-corrected chi connectivity index (χ3v) is 1.90. The highest BCUT2D eigenvalue weighted by Crippen LogP contribution is 2.22. The Morgan fingerprint density at radius 2 is 2.23 bits per heavy atom. The highest BCUT2D eigenvalue weighted by Gasteiger charge is 2.21. The molecular weight excluding hydrogens is 190 g/mol. The smallest absolute Gasteiger partial charge is 0.199 e. The Morgan fingerprint density at radius 3 is 2.62 bits per heavy atom. The van der Waals surface area contributed by atoms with Gasteiger partial charge in [0.2, 0.25) is 0 Å². The average Bonchev–Trinajstić information content (AvgIpc) is 2.50. The number of ketones is 1. The number of alkyl halides is 1. The highest BCUT2D eigenvalue weighted by molar-refractivity contribution is 6.30. The van der Waals surface area contributed by atoms with Crippen LogP contribution in [-0.2, 0) is 5.41 Å². The number of hydrogen-bond donors (Lipinski definition) is 0. The minimum Gasteiger partial charge on any atom is -0.360 e. The van der Waals surface area contributed by atoms with Crippen LogP contribution in [0.1, 0.15) is 37.0 Å². The lowest BCUT2D eigenvalue weighted by Crippen LogP contribution is -2.09. The van der Waals surface area contributed by atoms with Crippen LogP contribution < -0.4 is 0 Å². The van der Waals surface area contributed by atoms with Crippen LogP contribution in [0.2, 0.25) is 0 Å². The summed E-state index contributed by atoms with van der Waals surface area (Å²) < 4.78 is 5.02. The number of halogens is 1. The zero-order chi connectivity index (χ0) is 10.1. The zero-order valence-corrected chi connectivity index (χ0v) is 8.68. The van der Waals surface area contributed by atoms with Gasteiger partial charge in [-0.2, -0.15) is 0 Å². The molecule has 0 aromatic carbocycles. The Kier molecular flexibility index (Phi) is 2.76. The Balaban J connectivity index is 2.93. The molecule has 0 aliphatic rings. The standard InChI is InChI=1S/C9H12ClNO2/c1-9(2,3)8-4-6(11-13-8)7(12)5-10/h4H,5H2,1-3H3. The minimum atomic E-state index is -0.207. The number of nitrogens with zero attached hydrogens (tertiary/aromatic N) is 1. The van der Waals surface area contributed by atoms with E-state index in [0.717, 1.165) is 0 Å². The molecule has 0 fully saturated rings. The molecule has 1 rings (SSSR count). The molecule has 72 valence electrons. The molecule has 0 aliphatic heterocycles. The molecule has 0 saturated carbocycles. The summed E-state index contributed by atoms with van der Waals surface area (Å²) in [5.74, 6) is 0.428. The van der Waals surface area contributed by atoms with E-state index in [-0.39, 0.29) is 17.1 Å². The van der Waals surface area contributed by atoms with Gasteiger partial charge in [-0.3, -0.25) is 4.79 Å². The topological polar surface area (TPSA) is 43.1 Å². The first-order chi connectivity index (χ1) is 5.95. The number of carbonyl (C=O) groups excluding carboxylic acids is 1. The highest BCUT2D eigenvalue weighted by atomic mass is 35.5. The maximum Gasteiger partial charge on any atom is 0.199 e. The van der Waals surface area contributed by atoms with Crippen LogP contribution in [0.5, 0.6) is 0 Å². The van der Waals surface area contributed by atoms with E-state index in [2.05, 4.69) is 5.16 Å². The third kappa shape index (κ3) is 2.31. The van der Waals surface area contributed by atoms with Crippen molar-refractivity contribution >= 4 is 17.4 Å². The Bertz CT molecular complexity index is 312. The van der Waals surface area contributed by atoms with Crippen LogP contribution in [0, 0.1) is 0 Å². The summed E-state index contributed by atoms with van der Waals surface area (Å²) in [6.07, 6.45) is 0. The van der Waals surface area contributed by atoms with Gasteiger partial charge in [-0.15, -0.1) is 11.6 Å². The van der Waals surface area contributed by atoms with Crippen molar-refractivity contribution in [1.82, 2.24) is 5.16 Å². The summed E-state index contributed by atoms with van der Waals surface area (Å²) in [6, 6.07) is 1.64. The first-order valence-electron chi connectivity index (χ1n) is 4.01. The van der Waals surface area contributed by atoms with Gasteiger partial charge >= 0.3 is 0 Å². The van der Waals surface area contributed by atoms with Gasteiger partial charge in [-0.1, -0.05) is 25.9 Å². The molecule has 3 nitrogen and oxygen atoms in total. The van der Waals surface area contributed by atoms with Crippen LogP contribution in [0.4, 0.5) is 0 Å². The number of aromatic nitrogens is 1. The maximum absolute atomic E-state index is 11.1. The van der Waals surface area contributed by atoms with Crippen molar-refractivity contribution in [3.63, 3.8) is 0 Å². The molecule has 0 N–H and O–H groups in total. The molecule has 4 heteroatoms. The lowest BCUT2D eigenvalue weighted by atomic mass is 9.93. The second-order valence-electron chi connectivity index (χ2n) is 3.88. The van der Waals surface area contributed by atoms with E-state index in [1.807, 2.05) is 20.8 Å². The molecule has 0 bridgehead atoms. The lowest BCUT2D eigenvalue weighted by Gasteiger charge is -2.11. The van der Waals surface area contributed by atoms with E-state index in [9.17, 15) is 4.79 Å². The van der Waals surface area contributed by atoms with E-state index in [1.165, 1.54) is 0 Å². The van der Waals surface area contributed by atoms with Gasteiger partial charge < -0.3 is 4.52 Å². The van der Waals surface area contributed by atoms with Crippen molar-refractivity contribution in [2.45, 2.75) is 26.2 Å². The number of hydrogen-bond acceptors (Lipinski definition) is 3. The molecule has 1 aromatic rings. The largest absolute Gasteiger partial charge is 0.360 e. The molecular formula is C9H12ClNO2. The van der Waals surface area contributed by atoms with Gasteiger partial charge in [0.25, 0.3) is 0 Å². The van der Waals surface area contributed by atoms with Crippen LogP contribution in [-0.4, -0.2) is 16.8 Å². The first-order valence-corrected chi connectivity index (χ1v) is 4.55. The number of carbonyl (C=O) groups is 1. The minimum absolute atomic E-state index is 0.0594. The van der Waals surface area contributed by atoms with Gasteiger partial charge in [0.05, 0.1) is 5.88 Å². The average molecular weight is 202 g/mol. The van der Waals surface area contributed by atoms with Crippen molar-refractivity contribution in [3.05, 3.63) is 17.5 Å². The van der Waals surface area contributed by atoms with Gasteiger partial charge in [-0.05, 0) is 0 Å². The fourth-order valence-electron chi connectivity index (χ4n) is 0.829. The van der Waals surface area contributed by atoms with E-state index in [0.29, 0.717) is 11.5 Å². The second-order valence-corrected chi connectivity index (χ2v) is 4.15. The second kappa shape index (κ2) is 3.50. The maximum atomic E-state index is 11.1. The van der Waals surface area contributed by atoms with Gasteiger partial charge in [0, 0.05) is 11.5 Å². The zero-order valence-electron chi connectivity index (χ0n) is 7.93. The molecule has 0 unspecified atom stereocenters. The summed E-state index contributed by atoms with van der Waals surface area (Å²) in [4.78, 5) is 11.1. The van der Waals surface area contributed by atoms with E-state index >= 15 is 0 Å². The van der Waals surface area contributed by atoms with E-state index in [1.54, 1.807) is 6.07 Å². The monoisotopic (exact) mass is 201 g/mol. The Hall–Kier alpha value is -0.830. The third-order valence-electron chi connectivity index (χ3n) is 1.66. The molecule has 1 heterocycles. The molecule has 1 aromatic heterocycles. The van der Waals surface area contributed by atoms with Crippen molar-refractivity contribution in [3.8, 4) is 0 Å². The SMILES string of the molecule is CC(C)(C)c1cc(C(=O)CCl)no1. The Labute approximate surface area is 82.1 Å². The van der Waals surface area contributed by atoms with Crippen molar-refractivity contribution in [1.29, 1.82) is 0 Å². The lowest BCUT2D eigenvalue weighted by molar-refractivity contribution is 0.101. The molecule has 0 amide bonds. The molecule has 13 heavy (non-hydrogen) atoms. The normalized spacial score (nSPS) is 11.7. The fourth-order valence-corrected chi connectivity index (χ4v) is 0.965. The van der Waals surface area contributed by atoms with Gasteiger partial charge in [-0.25, -0.2) is 0 Å². The van der Waals surface area contributed by atoms with Gasteiger partial charge in [0.1, 0.15) is 5.76 Å². The molecule has 0 spiro atoms. The van der Waals surface area contributed by atoms with Crippen LogP contribution in [0.3, 0.4) is 0 Å². The van der Waals surface area contributed by atoms with Crippen molar-refractivity contribution in [2.24, 2.45) is 0 Å². The molecule has 0 aliphatic carbocycles. The van der Waals surface area contributed by atoms with E-state index < -0.39 is 0 Å². The molecule has 0 radical (unpaired) electrons. The predicted octanol–water partition coefficient (Wildman–Crippen LogP) is 2.39. The summed E-state index contributed by atoms with van der Waals surface area (Å²) in [5, 5.41) is 3.64. The quantitative estimate of drug-likeness (QED) is 0.545. The fraction of sp³-hybridized carbons (Fsp3) is 0.556. The van der Waals surface area contributed by atoms with E-state index in [4.69, 9.17) is 16.1 Å². The number of rotatable bonds is 2. The first kappa shape index (κ1) is 10.3. The van der Waals surface area contributed by atoms with Crippen LogP contribution in [0.25, 0.3) is 0 Å². The summed E-state index contributed by atoms with van der Waals surface area (Å²) in [7, 11) is 0.